The molecular formula is C22H31IN4O. The molecule has 1 heterocycles. The molecule has 0 radical (unpaired) electrons. The van der Waals surface area contributed by atoms with Gasteiger partial charge in [0.2, 0.25) is 0 Å². The van der Waals surface area contributed by atoms with Crippen LogP contribution >= 0.6 is 24.0 Å². The molecular weight excluding hydrogens is 463 g/mol. The predicted octanol–water partition coefficient (Wildman–Crippen LogP) is 3.34. The Balaban J connectivity index is 0.00000280. The maximum atomic E-state index is 5.43. The van der Waals surface area contributed by atoms with Gasteiger partial charge in [0, 0.05) is 46.8 Å². The molecule has 0 aliphatic carbocycles. The summed E-state index contributed by atoms with van der Waals surface area (Å²) in [6.45, 7) is 6.29. The van der Waals surface area contributed by atoms with Crippen LogP contribution in [0.25, 0.3) is 0 Å². The van der Waals surface area contributed by atoms with Crippen molar-refractivity contribution >= 4 is 29.9 Å². The van der Waals surface area contributed by atoms with Crippen LogP contribution in [0.15, 0.2) is 59.6 Å². The van der Waals surface area contributed by atoms with Gasteiger partial charge in [0.15, 0.2) is 5.96 Å². The molecule has 0 atom stereocenters. The number of halogens is 1. The van der Waals surface area contributed by atoms with E-state index in [1.165, 1.54) is 16.7 Å². The number of aliphatic imine (C=N–C) groups is 1. The minimum atomic E-state index is 0. The lowest BCUT2D eigenvalue weighted by Gasteiger charge is -2.26. The summed E-state index contributed by atoms with van der Waals surface area (Å²) < 4.78 is 5.43. The number of ether oxygens (including phenoxy) is 1. The van der Waals surface area contributed by atoms with Crippen LogP contribution < -0.4 is 5.32 Å². The van der Waals surface area contributed by atoms with E-state index in [1.54, 1.807) is 0 Å². The molecule has 28 heavy (non-hydrogen) atoms. The molecule has 6 heteroatoms. The molecule has 1 fully saturated rings. The van der Waals surface area contributed by atoms with Crippen LogP contribution in [0.1, 0.15) is 16.7 Å². The number of guanidine groups is 1. The first kappa shape index (κ1) is 22.6. The lowest BCUT2D eigenvalue weighted by atomic mass is 10.1. The summed E-state index contributed by atoms with van der Waals surface area (Å²) in [6.07, 6.45) is 0. The number of morpholine rings is 1. The van der Waals surface area contributed by atoms with Gasteiger partial charge >= 0.3 is 0 Å². The van der Waals surface area contributed by atoms with Gasteiger partial charge in [-0.2, -0.15) is 0 Å². The first-order chi connectivity index (χ1) is 13.2. The van der Waals surface area contributed by atoms with Crippen molar-refractivity contribution in [1.82, 2.24) is 15.1 Å². The third-order valence-corrected chi connectivity index (χ3v) is 4.79. The molecule has 2 aromatic rings. The zero-order valence-corrected chi connectivity index (χ0v) is 19.1. The largest absolute Gasteiger partial charge is 0.379 e. The first-order valence-corrected chi connectivity index (χ1v) is 9.58. The van der Waals surface area contributed by atoms with Gasteiger partial charge in [0.1, 0.15) is 0 Å². The van der Waals surface area contributed by atoms with Crippen molar-refractivity contribution < 1.29 is 4.74 Å². The maximum Gasteiger partial charge on any atom is 0.193 e. The second-order valence-electron chi connectivity index (χ2n) is 6.95. The Morgan fingerprint density at radius 2 is 1.71 bits per heavy atom. The minimum Gasteiger partial charge on any atom is -0.379 e. The van der Waals surface area contributed by atoms with Crippen molar-refractivity contribution in [3.8, 4) is 0 Å². The Morgan fingerprint density at radius 1 is 1.04 bits per heavy atom. The third kappa shape index (κ3) is 7.07. The molecule has 1 aliphatic heterocycles. The highest BCUT2D eigenvalue weighted by Crippen LogP contribution is 2.10. The Kier molecular flexibility index (Phi) is 9.73. The molecule has 1 N–H and O–H groups in total. The van der Waals surface area contributed by atoms with E-state index in [-0.39, 0.29) is 24.0 Å². The van der Waals surface area contributed by atoms with E-state index in [1.807, 2.05) is 13.1 Å². The molecule has 152 valence electrons. The van der Waals surface area contributed by atoms with Gasteiger partial charge < -0.3 is 15.0 Å². The van der Waals surface area contributed by atoms with Gasteiger partial charge in [0.25, 0.3) is 0 Å². The maximum absolute atomic E-state index is 5.43. The number of nitrogens with zero attached hydrogens (tertiary/aromatic N) is 3. The van der Waals surface area contributed by atoms with Gasteiger partial charge in [-0.3, -0.25) is 9.89 Å². The normalized spacial score (nSPS) is 15.0. The molecule has 1 aliphatic rings. The summed E-state index contributed by atoms with van der Waals surface area (Å²) >= 11 is 0. The highest BCUT2D eigenvalue weighted by molar-refractivity contribution is 14.0. The molecule has 0 saturated carbocycles. The highest BCUT2D eigenvalue weighted by atomic mass is 127. The molecule has 5 nitrogen and oxygen atoms in total. The van der Waals surface area contributed by atoms with Crippen LogP contribution in [0.4, 0.5) is 0 Å². The Labute approximate surface area is 185 Å². The lowest BCUT2D eigenvalue weighted by molar-refractivity contribution is 0.0342. The minimum absolute atomic E-state index is 0. The fraction of sp³-hybridized carbons (Fsp3) is 0.409. The van der Waals surface area contributed by atoms with Crippen LogP contribution in [0.3, 0.4) is 0 Å². The van der Waals surface area contributed by atoms with Crippen molar-refractivity contribution in [2.24, 2.45) is 4.99 Å². The topological polar surface area (TPSA) is 40.1 Å². The zero-order valence-electron chi connectivity index (χ0n) is 16.8. The zero-order chi connectivity index (χ0) is 18.9. The average Bonchev–Trinajstić information content (AvgIpc) is 2.70. The van der Waals surface area contributed by atoms with E-state index in [4.69, 9.17) is 4.74 Å². The third-order valence-electron chi connectivity index (χ3n) is 4.79. The van der Waals surface area contributed by atoms with Crippen LogP contribution in [0.5, 0.6) is 0 Å². The van der Waals surface area contributed by atoms with Gasteiger partial charge in [-0.15, -0.1) is 24.0 Å². The van der Waals surface area contributed by atoms with Gasteiger partial charge in [-0.1, -0.05) is 54.6 Å². The number of hydrogen-bond acceptors (Lipinski definition) is 3. The van der Waals surface area contributed by atoms with Crippen molar-refractivity contribution in [2.75, 3.05) is 40.4 Å². The van der Waals surface area contributed by atoms with E-state index in [0.717, 1.165) is 51.9 Å². The van der Waals surface area contributed by atoms with Crippen molar-refractivity contribution in [3.63, 3.8) is 0 Å². The van der Waals surface area contributed by atoms with Crippen LogP contribution in [0.2, 0.25) is 0 Å². The molecule has 0 amide bonds. The fourth-order valence-electron chi connectivity index (χ4n) is 3.35. The van der Waals surface area contributed by atoms with E-state index < -0.39 is 0 Å². The first-order valence-electron chi connectivity index (χ1n) is 9.58. The summed E-state index contributed by atoms with van der Waals surface area (Å²) in [7, 11) is 3.90. The molecule has 0 spiro atoms. The molecule has 0 unspecified atom stereocenters. The highest BCUT2D eigenvalue weighted by Gasteiger charge is 2.11. The summed E-state index contributed by atoms with van der Waals surface area (Å²) in [4.78, 5) is 9.02. The number of hydrogen-bond donors (Lipinski definition) is 1. The fourth-order valence-corrected chi connectivity index (χ4v) is 3.35. The smallest absolute Gasteiger partial charge is 0.193 e. The standard InChI is InChI=1S/C22H30N4O.HI/c1-23-22(25(2)17-19-7-4-3-5-8-19)24-16-20-9-6-10-21(15-20)18-26-11-13-27-14-12-26;/h3-10,15H,11-14,16-18H2,1-2H3,(H,23,24);1H. The Morgan fingerprint density at radius 3 is 2.43 bits per heavy atom. The van der Waals surface area contributed by atoms with Gasteiger partial charge in [0.05, 0.1) is 13.2 Å². The van der Waals surface area contributed by atoms with Gasteiger partial charge in [-0.05, 0) is 16.7 Å². The van der Waals surface area contributed by atoms with E-state index in [9.17, 15) is 0 Å². The number of nitrogens with one attached hydrogen (secondary N) is 1. The van der Waals surface area contributed by atoms with Crippen molar-refractivity contribution in [2.45, 2.75) is 19.6 Å². The van der Waals surface area contributed by atoms with Crippen LogP contribution in [-0.2, 0) is 24.4 Å². The molecule has 1 saturated heterocycles. The summed E-state index contributed by atoms with van der Waals surface area (Å²) in [5.41, 5.74) is 3.90. The molecule has 2 aromatic carbocycles. The average molecular weight is 494 g/mol. The SMILES string of the molecule is CN=C(NCc1cccc(CN2CCOCC2)c1)N(C)Cc1ccccc1.I. The van der Waals surface area contributed by atoms with Crippen molar-refractivity contribution in [3.05, 3.63) is 71.3 Å². The monoisotopic (exact) mass is 494 g/mol. The van der Waals surface area contributed by atoms with Crippen molar-refractivity contribution in [1.29, 1.82) is 0 Å². The van der Waals surface area contributed by atoms with E-state index >= 15 is 0 Å². The number of benzene rings is 2. The molecule has 3 rings (SSSR count). The van der Waals surface area contributed by atoms with E-state index in [0.29, 0.717) is 0 Å². The second-order valence-corrected chi connectivity index (χ2v) is 6.95. The second kappa shape index (κ2) is 12.0. The van der Waals surface area contributed by atoms with Crippen LogP contribution in [-0.4, -0.2) is 56.2 Å². The van der Waals surface area contributed by atoms with Gasteiger partial charge in [-0.25, -0.2) is 0 Å². The Hall–Kier alpha value is -1.64. The van der Waals surface area contributed by atoms with Crippen LogP contribution in [0, 0.1) is 0 Å². The quantitative estimate of drug-likeness (QED) is 0.380. The molecule has 0 aromatic heterocycles. The summed E-state index contributed by atoms with van der Waals surface area (Å²) in [5.74, 6) is 0.900. The summed E-state index contributed by atoms with van der Waals surface area (Å²) in [6, 6.07) is 19.3. The number of rotatable bonds is 6. The Bertz CT molecular complexity index is 732. The lowest BCUT2D eigenvalue weighted by Crippen LogP contribution is -2.38. The molecule has 0 bridgehead atoms. The summed E-state index contributed by atoms with van der Waals surface area (Å²) in [5, 5.41) is 3.48. The predicted molar refractivity (Wildman–Crippen MR) is 126 cm³/mol. The van der Waals surface area contributed by atoms with E-state index in [2.05, 4.69) is 75.7 Å².